The van der Waals surface area contributed by atoms with Gasteiger partial charge in [0, 0.05) is 0 Å². The van der Waals surface area contributed by atoms with Gasteiger partial charge in [-0.25, -0.2) is 0 Å². The zero-order chi connectivity index (χ0) is 17.8. The molecule has 0 radical (unpaired) electrons. The van der Waals surface area contributed by atoms with E-state index in [1.54, 1.807) is 72.9 Å². The minimum absolute atomic E-state index is 0.509. The SMILES string of the molecule is COc1ccc(C(C(=O)OC(C)(C)C)C(=O)OC(C)(C)C)cc1. The molecule has 1 aromatic rings. The third-order valence-corrected chi connectivity index (χ3v) is 2.73. The van der Waals surface area contributed by atoms with Crippen LogP contribution in [0.5, 0.6) is 5.75 Å². The molecule has 5 nitrogen and oxygen atoms in total. The molecular weight excluding hydrogens is 296 g/mol. The van der Waals surface area contributed by atoms with Crippen LogP contribution >= 0.6 is 0 Å². The Hall–Kier alpha value is -2.04. The fraction of sp³-hybridized carbons (Fsp3) is 0.556. The number of benzene rings is 1. The van der Waals surface area contributed by atoms with Crippen LogP contribution in [0.15, 0.2) is 24.3 Å². The van der Waals surface area contributed by atoms with Gasteiger partial charge in [-0.05, 0) is 59.2 Å². The first kappa shape index (κ1) is 19.0. The predicted molar refractivity (Wildman–Crippen MR) is 87.4 cm³/mol. The lowest BCUT2D eigenvalue weighted by Gasteiger charge is -2.26. The van der Waals surface area contributed by atoms with Gasteiger partial charge in [0.05, 0.1) is 7.11 Å². The molecule has 5 heteroatoms. The zero-order valence-corrected chi connectivity index (χ0v) is 14.9. The Morgan fingerprint density at radius 1 is 0.826 bits per heavy atom. The van der Waals surface area contributed by atoms with Crippen LogP contribution in [0.1, 0.15) is 53.0 Å². The smallest absolute Gasteiger partial charge is 0.325 e. The van der Waals surface area contributed by atoms with Crippen molar-refractivity contribution >= 4 is 11.9 Å². The van der Waals surface area contributed by atoms with Crippen LogP contribution in [0.2, 0.25) is 0 Å². The first-order valence-corrected chi connectivity index (χ1v) is 7.52. The molecule has 0 amide bonds. The molecule has 0 fully saturated rings. The molecular formula is C18H26O5. The number of methoxy groups -OCH3 is 1. The highest BCUT2D eigenvalue weighted by Crippen LogP contribution is 2.26. The average molecular weight is 322 g/mol. The van der Waals surface area contributed by atoms with Crippen molar-refractivity contribution < 1.29 is 23.8 Å². The Morgan fingerprint density at radius 2 is 1.22 bits per heavy atom. The largest absolute Gasteiger partial charge is 0.497 e. The fourth-order valence-corrected chi connectivity index (χ4v) is 1.89. The molecule has 0 bridgehead atoms. The number of carbonyl (C=O) groups is 2. The summed E-state index contributed by atoms with van der Waals surface area (Å²) in [6.07, 6.45) is 0. The molecule has 0 N–H and O–H groups in total. The average Bonchev–Trinajstić information content (AvgIpc) is 2.35. The summed E-state index contributed by atoms with van der Waals surface area (Å²) in [6, 6.07) is 6.71. The Kier molecular flexibility index (Phi) is 5.81. The number of rotatable bonds is 4. The normalized spacial score (nSPS) is 12.0. The minimum Gasteiger partial charge on any atom is -0.497 e. The maximum Gasteiger partial charge on any atom is 0.325 e. The van der Waals surface area contributed by atoms with Crippen molar-refractivity contribution in [3.63, 3.8) is 0 Å². The molecule has 0 aliphatic rings. The topological polar surface area (TPSA) is 61.8 Å². The van der Waals surface area contributed by atoms with Crippen molar-refractivity contribution in [3.8, 4) is 5.75 Å². The molecule has 0 aliphatic heterocycles. The van der Waals surface area contributed by atoms with Crippen LogP contribution in [-0.4, -0.2) is 30.3 Å². The maximum atomic E-state index is 12.5. The molecule has 0 atom stereocenters. The van der Waals surface area contributed by atoms with E-state index in [0.29, 0.717) is 11.3 Å². The Morgan fingerprint density at radius 3 is 1.52 bits per heavy atom. The standard InChI is InChI=1S/C18H26O5/c1-17(2,3)22-15(19)14(16(20)23-18(4,5)6)12-8-10-13(21-7)11-9-12/h8-11,14H,1-7H3. The summed E-state index contributed by atoms with van der Waals surface area (Å²) in [5.41, 5.74) is -0.873. The van der Waals surface area contributed by atoms with Crippen LogP contribution < -0.4 is 4.74 Å². The molecule has 0 aromatic heterocycles. The van der Waals surface area contributed by atoms with E-state index < -0.39 is 29.1 Å². The van der Waals surface area contributed by atoms with Crippen molar-refractivity contribution in [2.45, 2.75) is 58.7 Å². The van der Waals surface area contributed by atoms with Crippen molar-refractivity contribution in [2.75, 3.05) is 7.11 Å². The van der Waals surface area contributed by atoms with Gasteiger partial charge in [-0.3, -0.25) is 9.59 Å². The van der Waals surface area contributed by atoms with Crippen LogP contribution in [0.25, 0.3) is 0 Å². The quantitative estimate of drug-likeness (QED) is 0.627. The summed E-state index contributed by atoms with van der Waals surface area (Å²) in [5, 5.41) is 0. The van der Waals surface area contributed by atoms with Crippen LogP contribution in [0.4, 0.5) is 0 Å². The monoisotopic (exact) mass is 322 g/mol. The molecule has 23 heavy (non-hydrogen) atoms. The first-order chi connectivity index (χ1) is 10.4. The second kappa shape index (κ2) is 7.02. The number of carbonyl (C=O) groups excluding carboxylic acids is 2. The van der Waals surface area contributed by atoms with E-state index in [2.05, 4.69) is 0 Å². The van der Waals surface area contributed by atoms with E-state index in [1.165, 1.54) is 0 Å². The van der Waals surface area contributed by atoms with Gasteiger partial charge in [0.25, 0.3) is 0 Å². The van der Waals surface area contributed by atoms with E-state index in [9.17, 15) is 9.59 Å². The Bertz CT molecular complexity index is 518. The second-order valence-corrected chi connectivity index (χ2v) is 7.27. The summed E-state index contributed by atoms with van der Waals surface area (Å²) in [5.74, 6) is -1.74. The first-order valence-electron chi connectivity index (χ1n) is 7.52. The van der Waals surface area contributed by atoms with Gasteiger partial charge in [-0.15, -0.1) is 0 Å². The van der Waals surface area contributed by atoms with Crippen molar-refractivity contribution in [2.24, 2.45) is 0 Å². The molecule has 0 aliphatic carbocycles. The van der Waals surface area contributed by atoms with Crippen molar-refractivity contribution in [3.05, 3.63) is 29.8 Å². The summed E-state index contributed by atoms with van der Waals surface area (Å²) >= 11 is 0. The van der Waals surface area contributed by atoms with Gasteiger partial charge in [0.15, 0.2) is 5.92 Å². The molecule has 0 unspecified atom stereocenters. The zero-order valence-electron chi connectivity index (χ0n) is 14.9. The molecule has 0 saturated carbocycles. The molecule has 1 rings (SSSR count). The number of esters is 2. The Labute approximate surface area is 137 Å². The fourth-order valence-electron chi connectivity index (χ4n) is 1.89. The minimum atomic E-state index is -1.13. The number of hydrogen-bond acceptors (Lipinski definition) is 5. The lowest BCUT2D eigenvalue weighted by atomic mass is 9.98. The highest BCUT2D eigenvalue weighted by atomic mass is 16.6. The van der Waals surface area contributed by atoms with Gasteiger partial charge in [-0.2, -0.15) is 0 Å². The third kappa shape index (κ3) is 6.30. The van der Waals surface area contributed by atoms with Gasteiger partial charge >= 0.3 is 11.9 Å². The van der Waals surface area contributed by atoms with Gasteiger partial charge in [-0.1, -0.05) is 12.1 Å². The third-order valence-electron chi connectivity index (χ3n) is 2.73. The Balaban J connectivity index is 3.14. The summed E-state index contributed by atoms with van der Waals surface area (Å²) in [6.45, 7) is 10.5. The van der Waals surface area contributed by atoms with E-state index in [0.717, 1.165) is 0 Å². The van der Waals surface area contributed by atoms with Gasteiger partial charge in [0.1, 0.15) is 17.0 Å². The molecule has 1 aromatic carbocycles. The summed E-state index contributed by atoms with van der Waals surface area (Å²) in [4.78, 5) is 25.0. The second-order valence-electron chi connectivity index (χ2n) is 7.27. The van der Waals surface area contributed by atoms with E-state index >= 15 is 0 Å². The highest BCUT2D eigenvalue weighted by molar-refractivity contribution is 6.01. The maximum absolute atomic E-state index is 12.5. The molecule has 128 valence electrons. The van der Waals surface area contributed by atoms with Crippen molar-refractivity contribution in [1.82, 2.24) is 0 Å². The van der Waals surface area contributed by atoms with Crippen LogP contribution in [0, 0.1) is 0 Å². The highest BCUT2D eigenvalue weighted by Gasteiger charge is 2.36. The summed E-state index contributed by atoms with van der Waals surface area (Å²) in [7, 11) is 1.55. The number of hydrogen-bond donors (Lipinski definition) is 0. The van der Waals surface area contributed by atoms with E-state index in [-0.39, 0.29) is 0 Å². The van der Waals surface area contributed by atoms with Crippen LogP contribution in [0.3, 0.4) is 0 Å². The van der Waals surface area contributed by atoms with Crippen molar-refractivity contribution in [1.29, 1.82) is 0 Å². The number of ether oxygens (including phenoxy) is 3. The lowest BCUT2D eigenvalue weighted by Crippen LogP contribution is -2.35. The van der Waals surface area contributed by atoms with Gasteiger partial charge in [0.2, 0.25) is 0 Å². The predicted octanol–water partition coefficient (Wildman–Crippen LogP) is 3.46. The molecule has 0 heterocycles. The summed E-state index contributed by atoms with van der Waals surface area (Å²) < 4.78 is 15.8. The lowest BCUT2D eigenvalue weighted by molar-refractivity contribution is -0.169. The van der Waals surface area contributed by atoms with Gasteiger partial charge < -0.3 is 14.2 Å². The van der Waals surface area contributed by atoms with E-state index in [1.807, 2.05) is 0 Å². The van der Waals surface area contributed by atoms with E-state index in [4.69, 9.17) is 14.2 Å². The molecule has 0 saturated heterocycles. The van der Waals surface area contributed by atoms with Crippen LogP contribution in [-0.2, 0) is 19.1 Å². The molecule has 0 spiro atoms.